The number of aldehydes is 1. The van der Waals surface area contributed by atoms with Crippen molar-refractivity contribution in [2.24, 2.45) is 0 Å². The number of benzene rings is 2. The minimum absolute atomic E-state index is 0.345. The maximum absolute atomic E-state index is 10.7. The van der Waals surface area contributed by atoms with Crippen LogP contribution in [0.5, 0.6) is 0 Å². The molecule has 3 aromatic rings. The number of H-pyrrole nitrogens is 1. The van der Waals surface area contributed by atoms with Gasteiger partial charge >= 0.3 is 0 Å². The maximum atomic E-state index is 10.7. The van der Waals surface area contributed by atoms with Gasteiger partial charge < -0.3 is 9.78 Å². The van der Waals surface area contributed by atoms with E-state index >= 15 is 0 Å². The van der Waals surface area contributed by atoms with E-state index in [1.165, 1.54) is 0 Å². The van der Waals surface area contributed by atoms with Gasteiger partial charge in [-0.2, -0.15) is 0 Å². The summed E-state index contributed by atoms with van der Waals surface area (Å²) in [6.45, 7) is 0. The SMILES string of the molecule is O=CCc1cc(Cl)cc2c1[nH]c1ccc(Cl)cc12. The van der Waals surface area contributed by atoms with Crippen LogP contribution in [0, 0.1) is 0 Å². The molecule has 2 nitrogen and oxygen atoms in total. The second-order valence-electron chi connectivity index (χ2n) is 4.17. The third kappa shape index (κ3) is 1.78. The lowest BCUT2D eigenvalue weighted by Crippen LogP contribution is -1.87. The zero-order valence-electron chi connectivity index (χ0n) is 9.34. The van der Waals surface area contributed by atoms with Crippen LogP contribution in [-0.4, -0.2) is 11.3 Å². The Kier molecular flexibility index (Phi) is 2.77. The molecule has 0 radical (unpaired) electrons. The van der Waals surface area contributed by atoms with Crippen molar-refractivity contribution in [1.29, 1.82) is 0 Å². The number of halogens is 2. The molecule has 1 heterocycles. The van der Waals surface area contributed by atoms with Gasteiger partial charge in [-0.25, -0.2) is 0 Å². The number of nitrogens with one attached hydrogen (secondary N) is 1. The molecule has 0 amide bonds. The van der Waals surface area contributed by atoms with Crippen molar-refractivity contribution in [3.8, 4) is 0 Å². The minimum atomic E-state index is 0.345. The van der Waals surface area contributed by atoms with Gasteiger partial charge in [0.15, 0.2) is 0 Å². The number of carbonyl (C=O) groups excluding carboxylic acids is 1. The van der Waals surface area contributed by atoms with Crippen LogP contribution in [0.3, 0.4) is 0 Å². The number of aromatic amines is 1. The third-order valence-electron chi connectivity index (χ3n) is 3.02. The Morgan fingerprint density at radius 2 is 1.83 bits per heavy atom. The number of carbonyl (C=O) groups is 1. The summed E-state index contributed by atoms with van der Waals surface area (Å²) in [5.41, 5.74) is 2.84. The van der Waals surface area contributed by atoms with Gasteiger partial charge in [-0.05, 0) is 35.9 Å². The minimum Gasteiger partial charge on any atom is -0.354 e. The van der Waals surface area contributed by atoms with Gasteiger partial charge in [-0.15, -0.1) is 0 Å². The first-order valence-electron chi connectivity index (χ1n) is 5.52. The standard InChI is InChI=1S/C14H9Cl2NO/c15-9-1-2-13-11(6-9)12-7-10(16)5-8(3-4-18)14(12)17-13/h1-2,4-7,17H,3H2. The molecule has 1 aromatic heterocycles. The van der Waals surface area contributed by atoms with E-state index < -0.39 is 0 Å². The van der Waals surface area contributed by atoms with Crippen LogP contribution in [-0.2, 0) is 11.2 Å². The highest BCUT2D eigenvalue weighted by atomic mass is 35.5. The molecule has 2 aromatic carbocycles. The molecule has 0 unspecified atom stereocenters. The lowest BCUT2D eigenvalue weighted by molar-refractivity contribution is -0.107. The van der Waals surface area contributed by atoms with Crippen LogP contribution in [0.15, 0.2) is 30.3 Å². The van der Waals surface area contributed by atoms with Crippen LogP contribution in [0.2, 0.25) is 10.0 Å². The number of aromatic nitrogens is 1. The van der Waals surface area contributed by atoms with E-state index in [0.717, 1.165) is 33.7 Å². The molecule has 0 aliphatic carbocycles. The highest BCUT2D eigenvalue weighted by Gasteiger charge is 2.10. The summed E-state index contributed by atoms with van der Waals surface area (Å²) in [6, 6.07) is 9.36. The van der Waals surface area contributed by atoms with Crippen molar-refractivity contribution in [3.63, 3.8) is 0 Å². The predicted molar refractivity (Wildman–Crippen MR) is 75.6 cm³/mol. The Morgan fingerprint density at radius 1 is 1.06 bits per heavy atom. The first-order valence-corrected chi connectivity index (χ1v) is 6.27. The van der Waals surface area contributed by atoms with Gasteiger partial charge in [0.05, 0.1) is 5.52 Å². The molecule has 0 aliphatic heterocycles. The Bertz CT molecular complexity index is 761. The molecule has 18 heavy (non-hydrogen) atoms. The number of hydrogen-bond acceptors (Lipinski definition) is 1. The molecule has 1 N–H and O–H groups in total. The van der Waals surface area contributed by atoms with Crippen LogP contribution < -0.4 is 0 Å². The van der Waals surface area contributed by atoms with Crippen molar-refractivity contribution in [2.45, 2.75) is 6.42 Å². The number of fused-ring (bicyclic) bond motifs is 3. The van der Waals surface area contributed by atoms with Crippen LogP contribution in [0.4, 0.5) is 0 Å². The van der Waals surface area contributed by atoms with Crippen molar-refractivity contribution in [2.75, 3.05) is 0 Å². The van der Waals surface area contributed by atoms with E-state index in [9.17, 15) is 4.79 Å². The van der Waals surface area contributed by atoms with Gasteiger partial charge in [0.2, 0.25) is 0 Å². The molecular weight excluding hydrogens is 269 g/mol. The molecule has 0 fully saturated rings. The van der Waals surface area contributed by atoms with Crippen molar-refractivity contribution in [1.82, 2.24) is 4.98 Å². The normalized spacial score (nSPS) is 11.2. The fourth-order valence-corrected chi connectivity index (χ4v) is 2.67. The molecule has 0 atom stereocenters. The molecule has 4 heteroatoms. The van der Waals surface area contributed by atoms with E-state index in [1.54, 1.807) is 0 Å². The Morgan fingerprint density at radius 3 is 2.61 bits per heavy atom. The highest BCUT2D eigenvalue weighted by molar-refractivity contribution is 6.33. The Labute approximate surface area is 114 Å². The van der Waals surface area contributed by atoms with Crippen LogP contribution in [0.1, 0.15) is 5.56 Å². The largest absolute Gasteiger partial charge is 0.354 e. The lowest BCUT2D eigenvalue weighted by Gasteiger charge is -2.00. The zero-order chi connectivity index (χ0) is 12.7. The van der Waals surface area contributed by atoms with Gasteiger partial charge in [0.1, 0.15) is 6.29 Å². The molecule has 0 spiro atoms. The van der Waals surface area contributed by atoms with Crippen molar-refractivity contribution >= 4 is 51.3 Å². The third-order valence-corrected chi connectivity index (χ3v) is 3.47. The topological polar surface area (TPSA) is 32.9 Å². The maximum Gasteiger partial charge on any atom is 0.124 e. The Balaban J connectivity index is 2.45. The average molecular weight is 278 g/mol. The number of rotatable bonds is 2. The predicted octanol–water partition coefficient (Wildman–Crippen LogP) is 4.37. The zero-order valence-corrected chi connectivity index (χ0v) is 10.8. The van der Waals surface area contributed by atoms with Gasteiger partial charge in [0, 0.05) is 32.8 Å². The van der Waals surface area contributed by atoms with E-state index in [2.05, 4.69) is 4.98 Å². The highest BCUT2D eigenvalue weighted by Crippen LogP contribution is 2.32. The summed E-state index contributed by atoms with van der Waals surface area (Å²) >= 11 is 12.1. The summed E-state index contributed by atoms with van der Waals surface area (Å²) in [6.07, 6.45) is 1.22. The summed E-state index contributed by atoms with van der Waals surface area (Å²) in [5.74, 6) is 0. The lowest BCUT2D eigenvalue weighted by atomic mass is 10.1. The summed E-state index contributed by atoms with van der Waals surface area (Å²) in [5, 5.41) is 3.32. The molecule has 0 saturated heterocycles. The quantitative estimate of drug-likeness (QED) is 0.694. The monoisotopic (exact) mass is 277 g/mol. The number of hydrogen-bond donors (Lipinski definition) is 1. The summed E-state index contributed by atoms with van der Waals surface area (Å²) < 4.78 is 0. The molecule has 0 aliphatic rings. The van der Waals surface area contributed by atoms with Crippen molar-refractivity contribution in [3.05, 3.63) is 45.9 Å². The molecular formula is C14H9Cl2NO. The molecule has 90 valence electrons. The van der Waals surface area contributed by atoms with Gasteiger partial charge in [-0.1, -0.05) is 23.2 Å². The van der Waals surface area contributed by atoms with Crippen LogP contribution >= 0.6 is 23.2 Å². The van der Waals surface area contributed by atoms with Gasteiger partial charge in [0.25, 0.3) is 0 Å². The average Bonchev–Trinajstić information content (AvgIpc) is 2.68. The summed E-state index contributed by atoms with van der Waals surface area (Å²) in [7, 11) is 0. The van der Waals surface area contributed by atoms with E-state index in [4.69, 9.17) is 23.2 Å². The first-order chi connectivity index (χ1) is 8.69. The van der Waals surface area contributed by atoms with E-state index in [0.29, 0.717) is 16.5 Å². The van der Waals surface area contributed by atoms with Gasteiger partial charge in [-0.3, -0.25) is 0 Å². The van der Waals surface area contributed by atoms with Crippen LogP contribution in [0.25, 0.3) is 21.8 Å². The fraction of sp³-hybridized carbons (Fsp3) is 0.0714. The van der Waals surface area contributed by atoms with E-state index in [-0.39, 0.29) is 0 Å². The summed E-state index contributed by atoms with van der Waals surface area (Å²) in [4.78, 5) is 14.0. The molecule has 0 saturated carbocycles. The second kappa shape index (κ2) is 4.30. The van der Waals surface area contributed by atoms with Crippen molar-refractivity contribution < 1.29 is 4.79 Å². The second-order valence-corrected chi connectivity index (χ2v) is 5.05. The first kappa shape index (κ1) is 11.6. The van der Waals surface area contributed by atoms with E-state index in [1.807, 2.05) is 30.3 Å². The smallest absolute Gasteiger partial charge is 0.124 e. The molecule has 3 rings (SSSR count). The molecule has 0 bridgehead atoms. The fourth-order valence-electron chi connectivity index (χ4n) is 2.26. The Hall–Kier alpha value is -1.51.